The van der Waals surface area contributed by atoms with E-state index in [9.17, 15) is 13.5 Å². The predicted octanol–water partition coefficient (Wildman–Crippen LogP) is -0.0270. The molecule has 114 valence electrons. The van der Waals surface area contributed by atoms with E-state index in [2.05, 4.69) is 19.8 Å². The lowest BCUT2D eigenvalue weighted by Crippen LogP contribution is -2.57. The third-order valence-corrected chi connectivity index (χ3v) is 5.64. The van der Waals surface area contributed by atoms with E-state index in [-0.39, 0.29) is 17.2 Å². The number of hydrogen-bond donors (Lipinski definition) is 3. The molecule has 2 rings (SSSR count). The number of aromatic nitrogens is 2. The summed E-state index contributed by atoms with van der Waals surface area (Å²) in [4.78, 5) is 2.07. The van der Waals surface area contributed by atoms with E-state index in [0.29, 0.717) is 17.8 Å². The third-order valence-electron chi connectivity index (χ3n) is 4.27. The van der Waals surface area contributed by atoms with Crippen molar-refractivity contribution in [1.29, 1.82) is 0 Å². The van der Waals surface area contributed by atoms with Crippen molar-refractivity contribution in [3.05, 3.63) is 11.3 Å². The van der Waals surface area contributed by atoms with E-state index >= 15 is 0 Å². The molecule has 0 bridgehead atoms. The molecule has 0 aliphatic heterocycles. The van der Waals surface area contributed by atoms with Crippen molar-refractivity contribution >= 4 is 10.0 Å². The number of aliphatic hydroxyl groups is 1. The molecule has 0 atom stereocenters. The lowest BCUT2D eigenvalue weighted by molar-refractivity contribution is 0.0656. The number of sulfonamides is 1. The van der Waals surface area contributed by atoms with Crippen LogP contribution in [0.25, 0.3) is 0 Å². The molecule has 7 nitrogen and oxygen atoms in total. The zero-order valence-electron chi connectivity index (χ0n) is 12.1. The zero-order chi connectivity index (χ0) is 15.0. The maximum atomic E-state index is 12.3. The summed E-state index contributed by atoms with van der Waals surface area (Å²) in [6, 6.07) is 0. The lowest BCUT2D eigenvalue weighted by Gasteiger charge is -2.47. The molecule has 0 aromatic carbocycles. The van der Waals surface area contributed by atoms with E-state index in [0.717, 1.165) is 19.3 Å². The molecule has 0 saturated heterocycles. The molecular weight excluding hydrogens is 280 g/mol. The van der Waals surface area contributed by atoms with E-state index in [1.54, 1.807) is 6.92 Å². The number of aryl methyl sites for hydroxylation is 1. The highest BCUT2D eigenvalue weighted by molar-refractivity contribution is 7.89. The topological polar surface area (TPSA) is 98.3 Å². The van der Waals surface area contributed by atoms with Crippen molar-refractivity contribution < 1.29 is 13.5 Å². The van der Waals surface area contributed by atoms with Gasteiger partial charge in [-0.25, -0.2) is 13.1 Å². The highest BCUT2D eigenvalue weighted by Crippen LogP contribution is 2.35. The van der Waals surface area contributed by atoms with Gasteiger partial charge in [0.15, 0.2) is 5.03 Å². The summed E-state index contributed by atoms with van der Waals surface area (Å²) < 4.78 is 27.2. The van der Waals surface area contributed by atoms with Gasteiger partial charge in [0.2, 0.25) is 0 Å². The third kappa shape index (κ3) is 2.60. The first kappa shape index (κ1) is 15.4. The highest BCUT2D eigenvalue weighted by atomic mass is 32.2. The molecule has 3 N–H and O–H groups in total. The van der Waals surface area contributed by atoms with Crippen molar-refractivity contribution in [2.45, 2.75) is 43.4 Å². The molecule has 0 radical (unpaired) electrons. The summed E-state index contributed by atoms with van der Waals surface area (Å²) in [6.07, 6.45) is 3.08. The van der Waals surface area contributed by atoms with Crippen LogP contribution in [0.5, 0.6) is 0 Å². The van der Waals surface area contributed by atoms with Crippen LogP contribution in [0.3, 0.4) is 0 Å². The highest BCUT2D eigenvalue weighted by Gasteiger charge is 2.40. The molecule has 1 heterocycles. The van der Waals surface area contributed by atoms with Crippen LogP contribution in [-0.2, 0) is 16.6 Å². The van der Waals surface area contributed by atoms with Crippen LogP contribution in [0.4, 0.5) is 0 Å². The summed E-state index contributed by atoms with van der Waals surface area (Å²) in [5.74, 6) is 0. The van der Waals surface area contributed by atoms with Gasteiger partial charge in [0.1, 0.15) is 0 Å². The van der Waals surface area contributed by atoms with Gasteiger partial charge in [-0.15, -0.1) is 0 Å². The average molecular weight is 302 g/mol. The Hall–Kier alpha value is -0.960. The van der Waals surface area contributed by atoms with Gasteiger partial charge in [0.05, 0.1) is 6.61 Å². The van der Waals surface area contributed by atoms with Gasteiger partial charge in [-0.3, -0.25) is 5.10 Å². The fourth-order valence-electron chi connectivity index (χ4n) is 2.50. The minimum atomic E-state index is -3.70. The van der Waals surface area contributed by atoms with Gasteiger partial charge in [0, 0.05) is 23.3 Å². The number of aromatic amines is 1. The van der Waals surface area contributed by atoms with Gasteiger partial charge in [-0.1, -0.05) is 0 Å². The first-order chi connectivity index (χ1) is 9.32. The van der Waals surface area contributed by atoms with Crippen LogP contribution < -0.4 is 4.72 Å². The summed E-state index contributed by atoms with van der Waals surface area (Å²) in [7, 11) is 0.223. The Morgan fingerprint density at radius 1 is 1.45 bits per heavy atom. The molecule has 8 heteroatoms. The van der Waals surface area contributed by atoms with Crippen LogP contribution >= 0.6 is 0 Å². The van der Waals surface area contributed by atoms with Crippen LogP contribution in [0.2, 0.25) is 0 Å². The SMILES string of the molecule is Cc1[nH]nc(S(=O)(=O)NCC2(N(C)C)CCC2)c1CO. The van der Waals surface area contributed by atoms with Crippen LogP contribution in [-0.4, -0.2) is 54.8 Å². The van der Waals surface area contributed by atoms with Gasteiger partial charge in [-0.05, 0) is 40.3 Å². The van der Waals surface area contributed by atoms with Crippen molar-refractivity contribution in [1.82, 2.24) is 19.8 Å². The van der Waals surface area contributed by atoms with E-state index in [1.807, 2.05) is 14.1 Å². The van der Waals surface area contributed by atoms with Gasteiger partial charge < -0.3 is 10.0 Å². The number of nitrogens with one attached hydrogen (secondary N) is 2. The second-order valence-corrected chi connectivity index (χ2v) is 7.27. The molecule has 1 fully saturated rings. The van der Waals surface area contributed by atoms with Crippen LogP contribution in [0.1, 0.15) is 30.5 Å². The Bertz CT molecular complexity index is 576. The first-order valence-corrected chi connectivity index (χ1v) is 8.12. The number of H-pyrrole nitrogens is 1. The molecule has 1 saturated carbocycles. The average Bonchev–Trinajstić information content (AvgIpc) is 2.69. The lowest BCUT2D eigenvalue weighted by atomic mass is 9.76. The fraction of sp³-hybridized carbons (Fsp3) is 0.750. The summed E-state index contributed by atoms with van der Waals surface area (Å²) >= 11 is 0. The maximum Gasteiger partial charge on any atom is 0.260 e. The van der Waals surface area contributed by atoms with E-state index in [1.165, 1.54) is 0 Å². The summed E-state index contributed by atoms with van der Waals surface area (Å²) in [5, 5.41) is 15.6. The van der Waals surface area contributed by atoms with Gasteiger partial charge >= 0.3 is 0 Å². The van der Waals surface area contributed by atoms with Gasteiger partial charge in [-0.2, -0.15) is 5.10 Å². The largest absolute Gasteiger partial charge is 0.392 e. The molecule has 1 aliphatic carbocycles. The number of hydrogen-bond acceptors (Lipinski definition) is 5. The number of rotatable bonds is 6. The Labute approximate surface area is 119 Å². The maximum absolute atomic E-state index is 12.3. The van der Waals surface area contributed by atoms with Crippen molar-refractivity contribution in [2.75, 3.05) is 20.6 Å². The molecule has 1 aromatic rings. The molecule has 0 spiro atoms. The summed E-state index contributed by atoms with van der Waals surface area (Å²) in [6.45, 7) is 1.70. The first-order valence-electron chi connectivity index (χ1n) is 6.64. The zero-order valence-corrected chi connectivity index (χ0v) is 12.9. The minimum absolute atomic E-state index is 0.0994. The normalized spacial score (nSPS) is 18.2. The van der Waals surface area contributed by atoms with E-state index in [4.69, 9.17) is 0 Å². The molecule has 0 unspecified atom stereocenters. The monoisotopic (exact) mass is 302 g/mol. The van der Waals surface area contributed by atoms with Crippen molar-refractivity contribution in [3.63, 3.8) is 0 Å². The van der Waals surface area contributed by atoms with Gasteiger partial charge in [0.25, 0.3) is 10.0 Å². The number of nitrogens with zero attached hydrogens (tertiary/aromatic N) is 2. The van der Waals surface area contributed by atoms with Crippen LogP contribution in [0, 0.1) is 6.92 Å². The Kier molecular flexibility index (Phi) is 4.19. The Morgan fingerprint density at radius 2 is 2.10 bits per heavy atom. The Morgan fingerprint density at radius 3 is 2.55 bits per heavy atom. The standard InChI is InChI=1S/C12H22N4O3S/c1-9-10(7-17)11(15-14-9)20(18,19)13-8-12(16(2)3)5-4-6-12/h13,17H,4-8H2,1-3H3,(H,14,15). The Balaban J connectivity index is 2.15. The molecule has 0 amide bonds. The molecular formula is C12H22N4O3S. The second kappa shape index (κ2) is 5.44. The second-order valence-electron chi connectivity index (χ2n) is 5.59. The predicted molar refractivity (Wildman–Crippen MR) is 74.7 cm³/mol. The smallest absolute Gasteiger partial charge is 0.260 e. The van der Waals surface area contributed by atoms with Crippen molar-refractivity contribution in [2.24, 2.45) is 0 Å². The van der Waals surface area contributed by atoms with Crippen LogP contribution in [0.15, 0.2) is 5.03 Å². The quantitative estimate of drug-likeness (QED) is 0.685. The minimum Gasteiger partial charge on any atom is -0.392 e. The fourth-order valence-corrected chi connectivity index (χ4v) is 3.81. The van der Waals surface area contributed by atoms with Crippen molar-refractivity contribution in [3.8, 4) is 0 Å². The number of aliphatic hydroxyl groups excluding tert-OH is 1. The summed E-state index contributed by atoms with van der Waals surface area (Å²) in [5.41, 5.74) is 0.793. The molecule has 20 heavy (non-hydrogen) atoms. The molecule has 1 aliphatic rings. The number of likely N-dealkylation sites (N-methyl/N-ethyl adjacent to an activating group) is 1. The van der Waals surface area contributed by atoms with E-state index < -0.39 is 10.0 Å². The molecule has 1 aromatic heterocycles.